The van der Waals surface area contributed by atoms with Crippen LogP contribution >= 0.6 is 44.3 Å². The van der Waals surface area contributed by atoms with Crippen molar-refractivity contribution in [3.8, 4) is 0 Å². The summed E-state index contributed by atoms with van der Waals surface area (Å²) in [5.74, 6) is 0. The molecule has 0 saturated heterocycles. The zero-order chi connectivity index (χ0) is 12.2. The Labute approximate surface area is 124 Å². The lowest BCUT2D eigenvalue weighted by molar-refractivity contribution is 0.579. The Morgan fingerprint density at radius 2 is 1.94 bits per heavy atom. The first-order chi connectivity index (χ1) is 7.47. The number of nitrogens with two attached hydrogens (primary N) is 1. The average Bonchev–Trinajstić information content (AvgIpc) is 2.17. The number of sulfonamides is 1. The van der Waals surface area contributed by atoms with E-state index in [9.17, 15) is 8.42 Å². The van der Waals surface area contributed by atoms with E-state index in [2.05, 4.69) is 36.6 Å². The van der Waals surface area contributed by atoms with Crippen LogP contribution in [0.15, 0.2) is 32.0 Å². The number of benzene rings is 1. The van der Waals surface area contributed by atoms with E-state index in [0.29, 0.717) is 24.0 Å². The molecule has 4 nitrogen and oxygen atoms in total. The Hall–Kier alpha value is 0.340. The van der Waals surface area contributed by atoms with E-state index < -0.39 is 10.0 Å². The summed E-state index contributed by atoms with van der Waals surface area (Å²) in [5.41, 5.74) is 5.30. The number of hydrogen-bond donors (Lipinski definition) is 2. The Balaban J connectivity index is 0.00000256. The highest BCUT2D eigenvalue weighted by molar-refractivity contribution is 9.11. The van der Waals surface area contributed by atoms with Crippen LogP contribution < -0.4 is 10.5 Å². The molecule has 1 aromatic rings. The van der Waals surface area contributed by atoms with Gasteiger partial charge in [-0.15, -0.1) is 12.4 Å². The molecule has 0 radical (unpaired) electrons. The van der Waals surface area contributed by atoms with Crippen molar-refractivity contribution in [1.82, 2.24) is 4.72 Å². The van der Waals surface area contributed by atoms with Crippen LogP contribution in [-0.2, 0) is 10.0 Å². The maximum atomic E-state index is 11.8. The van der Waals surface area contributed by atoms with Gasteiger partial charge in [0.15, 0.2) is 0 Å². The summed E-state index contributed by atoms with van der Waals surface area (Å²) in [6.07, 6.45) is 0.618. The predicted octanol–water partition coefficient (Wildman–Crippen LogP) is 2.26. The van der Waals surface area contributed by atoms with E-state index in [-0.39, 0.29) is 17.3 Å². The minimum atomic E-state index is -3.45. The second-order valence-electron chi connectivity index (χ2n) is 3.11. The van der Waals surface area contributed by atoms with Gasteiger partial charge in [0.25, 0.3) is 0 Å². The third-order valence-electron chi connectivity index (χ3n) is 1.86. The summed E-state index contributed by atoms with van der Waals surface area (Å²) < 4.78 is 27.5. The molecule has 0 unspecified atom stereocenters. The summed E-state index contributed by atoms with van der Waals surface area (Å²) in [5, 5.41) is 0. The van der Waals surface area contributed by atoms with Crippen LogP contribution in [0.5, 0.6) is 0 Å². The largest absolute Gasteiger partial charge is 0.330 e. The molecule has 0 amide bonds. The van der Waals surface area contributed by atoms with Crippen LogP contribution in [-0.4, -0.2) is 21.5 Å². The lowest BCUT2D eigenvalue weighted by Crippen LogP contribution is -2.26. The van der Waals surface area contributed by atoms with E-state index in [1.807, 2.05) is 0 Å². The second kappa shape index (κ2) is 7.70. The van der Waals surface area contributed by atoms with E-state index in [0.717, 1.165) is 4.47 Å². The molecule has 0 aromatic heterocycles. The highest BCUT2D eigenvalue weighted by Crippen LogP contribution is 2.25. The fourth-order valence-corrected chi connectivity index (χ4v) is 3.90. The van der Waals surface area contributed by atoms with Crippen LogP contribution in [0, 0.1) is 0 Å². The molecule has 17 heavy (non-hydrogen) atoms. The summed E-state index contributed by atoms with van der Waals surface area (Å²) in [6.45, 7) is 0.811. The van der Waals surface area contributed by atoms with E-state index in [1.165, 1.54) is 0 Å². The molecule has 1 aromatic carbocycles. The van der Waals surface area contributed by atoms with Gasteiger partial charge in [0.05, 0.1) is 4.90 Å². The minimum Gasteiger partial charge on any atom is -0.330 e. The van der Waals surface area contributed by atoms with Crippen molar-refractivity contribution in [2.45, 2.75) is 11.3 Å². The van der Waals surface area contributed by atoms with Crippen molar-refractivity contribution >= 4 is 54.3 Å². The Morgan fingerprint density at radius 1 is 1.29 bits per heavy atom. The number of rotatable bonds is 5. The zero-order valence-corrected chi connectivity index (χ0v) is 13.6. The van der Waals surface area contributed by atoms with Gasteiger partial charge >= 0.3 is 0 Å². The SMILES string of the molecule is Cl.NCCCNS(=O)(=O)c1ccc(Br)cc1Br. The third-order valence-corrected chi connectivity index (χ3v) is 4.79. The van der Waals surface area contributed by atoms with E-state index in [4.69, 9.17) is 5.73 Å². The van der Waals surface area contributed by atoms with Gasteiger partial charge in [-0.25, -0.2) is 13.1 Å². The molecule has 8 heteroatoms. The van der Waals surface area contributed by atoms with Gasteiger partial charge in [-0.3, -0.25) is 0 Å². The lowest BCUT2D eigenvalue weighted by atomic mass is 10.4. The van der Waals surface area contributed by atoms with Gasteiger partial charge in [-0.05, 0) is 47.1 Å². The Kier molecular flexibility index (Phi) is 7.86. The number of nitrogens with one attached hydrogen (secondary N) is 1. The first-order valence-electron chi connectivity index (χ1n) is 4.62. The molecule has 0 atom stereocenters. The minimum absolute atomic E-state index is 0. The Morgan fingerprint density at radius 3 is 2.47 bits per heavy atom. The van der Waals surface area contributed by atoms with Gasteiger partial charge < -0.3 is 5.73 Å². The van der Waals surface area contributed by atoms with E-state index in [1.54, 1.807) is 18.2 Å². The van der Waals surface area contributed by atoms with Gasteiger partial charge in [-0.1, -0.05) is 15.9 Å². The van der Waals surface area contributed by atoms with Crippen LogP contribution in [0.4, 0.5) is 0 Å². The summed E-state index contributed by atoms with van der Waals surface area (Å²) in [6, 6.07) is 4.92. The van der Waals surface area contributed by atoms with Crippen LogP contribution in [0.3, 0.4) is 0 Å². The van der Waals surface area contributed by atoms with Crippen molar-refractivity contribution in [3.05, 3.63) is 27.1 Å². The van der Waals surface area contributed by atoms with Crippen LogP contribution in [0.2, 0.25) is 0 Å². The maximum Gasteiger partial charge on any atom is 0.241 e. The Bertz CT molecular complexity index is 468. The number of hydrogen-bond acceptors (Lipinski definition) is 3. The molecule has 98 valence electrons. The van der Waals surface area contributed by atoms with Gasteiger partial charge in [0, 0.05) is 15.5 Å². The predicted molar refractivity (Wildman–Crippen MR) is 77.9 cm³/mol. The molecule has 0 spiro atoms. The highest BCUT2D eigenvalue weighted by Gasteiger charge is 2.16. The van der Waals surface area contributed by atoms with Gasteiger partial charge in [0.2, 0.25) is 10.0 Å². The number of halogens is 3. The molecule has 1 rings (SSSR count). The second-order valence-corrected chi connectivity index (χ2v) is 6.62. The van der Waals surface area contributed by atoms with Crippen molar-refractivity contribution in [3.63, 3.8) is 0 Å². The zero-order valence-electron chi connectivity index (χ0n) is 8.82. The first kappa shape index (κ1) is 17.3. The molecular formula is C9H13Br2ClN2O2S. The molecule has 0 fully saturated rings. The molecule has 0 bridgehead atoms. The van der Waals surface area contributed by atoms with Crippen molar-refractivity contribution in [2.24, 2.45) is 5.73 Å². The van der Waals surface area contributed by atoms with Crippen molar-refractivity contribution in [1.29, 1.82) is 0 Å². The normalized spacial score (nSPS) is 11.0. The molecule has 0 saturated carbocycles. The van der Waals surface area contributed by atoms with Gasteiger partial charge in [0.1, 0.15) is 0 Å². The van der Waals surface area contributed by atoms with E-state index >= 15 is 0 Å². The topological polar surface area (TPSA) is 72.2 Å². The van der Waals surface area contributed by atoms with Gasteiger partial charge in [-0.2, -0.15) is 0 Å². The average molecular weight is 409 g/mol. The fourth-order valence-electron chi connectivity index (χ4n) is 1.08. The standard InChI is InChI=1S/C9H12Br2N2O2S.ClH/c10-7-2-3-9(8(11)6-7)16(14,15)13-5-1-4-12;/h2-3,6,13H,1,4-5,12H2;1H. The quantitative estimate of drug-likeness (QED) is 0.734. The van der Waals surface area contributed by atoms with Crippen molar-refractivity contribution in [2.75, 3.05) is 13.1 Å². The molecule has 0 heterocycles. The third kappa shape index (κ3) is 5.23. The molecular weight excluding hydrogens is 395 g/mol. The monoisotopic (exact) mass is 406 g/mol. The highest BCUT2D eigenvalue weighted by atomic mass is 79.9. The maximum absolute atomic E-state index is 11.8. The molecule has 0 aliphatic rings. The van der Waals surface area contributed by atoms with Crippen LogP contribution in [0.25, 0.3) is 0 Å². The van der Waals surface area contributed by atoms with Crippen LogP contribution in [0.1, 0.15) is 6.42 Å². The summed E-state index contributed by atoms with van der Waals surface area (Å²) >= 11 is 6.48. The van der Waals surface area contributed by atoms with Crippen molar-refractivity contribution < 1.29 is 8.42 Å². The first-order valence-corrected chi connectivity index (χ1v) is 7.69. The summed E-state index contributed by atoms with van der Waals surface area (Å²) in [7, 11) is -3.45. The summed E-state index contributed by atoms with van der Waals surface area (Å²) in [4.78, 5) is 0.229. The smallest absolute Gasteiger partial charge is 0.241 e. The molecule has 3 N–H and O–H groups in total. The fraction of sp³-hybridized carbons (Fsp3) is 0.333. The molecule has 0 aliphatic carbocycles. The molecule has 0 aliphatic heterocycles. The lowest BCUT2D eigenvalue weighted by Gasteiger charge is -2.08.